The number of halogens is 3. The Balaban J connectivity index is 1.72. The summed E-state index contributed by atoms with van der Waals surface area (Å²) in [7, 11) is 0. The molecule has 26 heavy (non-hydrogen) atoms. The molecule has 0 aliphatic heterocycles. The third-order valence-corrected chi connectivity index (χ3v) is 4.62. The van der Waals surface area contributed by atoms with E-state index >= 15 is 0 Å². The zero-order chi connectivity index (χ0) is 18.7. The summed E-state index contributed by atoms with van der Waals surface area (Å²) in [4.78, 5) is 12.2. The van der Waals surface area contributed by atoms with Gasteiger partial charge in [0.1, 0.15) is 5.69 Å². The van der Waals surface area contributed by atoms with Crippen molar-refractivity contribution in [2.75, 3.05) is 0 Å². The molecule has 1 amide bonds. The quantitative estimate of drug-likeness (QED) is 0.461. The Hall–Kier alpha value is -2.34. The fourth-order valence-electron chi connectivity index (χ4n) is 2.19. The zero-order valence-corrected chi connectivity index (χ0v) is 15.8. The molecule has 2 aromatic carbocycles. The number of nitrogens with one attached hydrogen (secondary N) is 2. The predicted molar refractivity (Wildman–Crippen MR) is 105 cm³/mol. The standard InChI is InChI=1S/C18H13Cl3N4O/c1-10(11-2-5-13(19)6-3-11)22-25-18(26)17-9-16(23-24-17)12-4-7-14(20)15(21)8-12/h2-9H,1H3,(H,23,24)(H,25,26)/b22-10-. The molecular weight excluding hydrogens is 395 g/mol. The van der Waals surface area contributed by atoms with Crippen LogP contribution >= 0.6 is 34.8 Å². The van der Waals surface area contributed by atoms with Crippen LogP contribution in [0, 0.1) is 0 Å². The van der Waals surface area contributed by atoms with E-state index in [4.69, 9.17) is 34.8 Å². The van der Waals surface area contributed by atoms with Gasteiger partial charge in [-0.15, -0.1) is 0 Å². The number of carbonyl (C=O) groups is 1. The second kappa shape index (κ2) is 7.91. The van der Waals surface area contributed by atoms with Crippen molar-refractivity contribution in [3.8, 4) is 11.3 Å². The maximum Gasteiger partial charge on any atom is 0.289 e. The molecule has 0 atom stereocenters. The van der Waals surface area contributed by atoms with Gasteiger partial charge in [0.2, 0.25) is 0 Å². The number of aromatic amines is 1. The Labute approximate surface area is 165 Å². The van der Waals surface area contributed by atoms with Crippen LogP contribution in [0.5, 0.6) is 0 Å². The topological polar surface area (TPSA) is 70.1 Å². The van der Waals surface area contributed by atoms with E-state index in [9.17, 15) is 4.79 Å². The van der Waals surface area contributed by atoms with Gasteiger partial charge < -0.3 is 0 Å². The molecule has 132 valence electrons. The van der Waals surface area contributed by atoms with E-state index in [1.807, 2.05) is 12.1 Å². The van der Waals surface area contributed by atoms with E-state index in [-0.39, 0.29) is 5.69 Å². The summed E-state index contributed by atoms with van der Waals surface area (Å²) < 4.78 is 0. The summed E-state index contributed by atoms with van der Waals surface area (Å²) in [5, 5.41) is 12.4. The average molecular weight is 408 g/mol. The lowest BCUT2D eigenvalue weighted by molar-refractivity contribution is 0.0950. The fraction of sp³-hybridized carbons (Fsp3) is 0.0556. The van der Waals surface area contributed by atoms with Gasteiger partial charge in [0.15, 0.2) is 0 Å². The summed E-state index contributed by atoms with van der Waals surface area (Å²) in [5.41, 5.74) is 5.60. The monoisotopic (exact) mass is 406 g/mol. The summed E-state index contributed by atoms with van der Waals surface area (Å²) in [6, 6.07) is 13.9. The number of hydrogen-bond donors (Lipinski definition) is 2. The third-order valence-electron chi connectivity index (χ3n) is 3.63. The first kappa shape index (κ1) is 18.5. The van der Waals surface area contributed by atoms with Crippen molar-refractivity contribution < 1.29 is 4.79 Å². The number of hydrogen-bond acceptors (Lipinski definition) is 3. The molecule has 3 aromatic rings. The summed E-state index contributed by atoms with van der Waals surface area (Å²) in [6.07, 6.45) is 0. The maximum absolute atomic E-state index is 12.2. The fourth-order valence-corrected chi connectivity index (χ4v) is 2.62. The average Bonchev–Trinajstić information content (AvgIpc) is 3.12. The maximum atomic E-state index is 12.2. The van der Waals surface area contributed by atoms with Crippen molar-refractivity contribution >= 4 is 46.4 Å². The number of nitrogens with zero attached hydrogens (tertiary/aromatic N) is 2. The van der Waals surface area contributed by atoms with Gasteiger partial charge in [-0.2, -0.15) is 10.2 Å². The lowest BCUT2D eigenvalue weighted by Crippen LogP contribution is -2.19. The highest BCUT2D eigenvalue weighted by Crippen LogP contribution is 2.27. The highest BCUT2D eigenvalue weighted by molar-refractivity contribution is 6.42. The molecular formula is C18H13Cl3N4O. The van der Waals surface area contributed by atoms with Crippen LogP contribution in [0.15, 0.2) is 53.6 Å². The molecule has 0 saturated carbocycles. The molecule has 0 unspecified atom stereocenters. The van der Waals surface area contributed by atoms with Crippen LogP contribution in [0.2, 0.25) is 15.1 Å². The Morgan fingerprint density at radius 2 is 1.77 bits per heavy atom. The summed E-state index contributed by atoms with van der Waals surface area (Å²) in [6.45, 7) is 1.79. The molecule has 1 aromatic heterocycles. The number of amides is 1. The summed E-state index contributed by atoms with van der Waals surface area (Å²) in [5.74, 6) is -0.405. The van der Waals surface area contributed by atoms with Gasteiger partial charge in [0.25, 0.3) is 5.91 Å². The van der Waals surface area contributed by atoms with Crippen LogP contribution in [-0.2, 0) is 0 Å². The van der Waals surface area contributed by atoms with Crippen molar-refractivity contribution in [1.82, 2.24) is 15.6 Å². The van der Waals surface area contributed by atoms with Crippen LogP contribution in [0.1, 0.15) is 23.0 Å². The molecule has 0 aliphatic rings. The van der Waals surface area contributed by atoms with Gasteiger partial charge in [-0.1, -0.05) is 53.0 Å². The lowest BCUT2D eigenvalue weighted by Gasteiger charge is -2.02. The molecule has 2 N–H and O–H groups in total. The second-order valence-corrected chi connectivity index (χ2v) is 6.69. The van der Waals surface area contributed by atoms with Gasteiger partial charge in [0.05, 0.1) is 21.5 Å². The van der Waals surface area contributed by atoms with Crippen molar-refractivity contribution in [3.05, 3.63) is 74.9 Å². The smallest absolute Gasteiger partial charge is 0.272 e. The number of H-pyrrole nitrogens is 1. The predicted octanol–water partition coefficient (Wildman–Crippen LogP) is 5.19. The van der Waals surface area contributed by atoms with Crippen LogP contribution < -0.4 is 5.43 Å². The first-order valence-corrected chi connectivity index (χ1v) is 8.69. The number of aromatic nitrogens is 2. The molecule has 0 radical (unpaired) electrons. The minimum absolute atomic E-state index is 0.277. The van der Waals surface area contributed by atoms with Crippen molar-refractivity contribution in [2.24, 2.45) is 5.10 Å². The van der Waals surface area contributed by atoms with Crippen LogP contribution in [0.3, 0.4) is 0 Å². The first-order valence-electron chi connectivity index (χ1n) is 7.55. The number of hydrazone groups is 1. The molecule has 1 heterocycles. The lowest BCUT2D eigenvalue weighted by atomic mass is 10.1. The number of benzene rings is 2. The van der Waals surface area contributed by atoms with Gasteiger partial charge in [-0.25, -0.2) is 5.43 Å². The van der Waals surface area contributed by atoms with E-state index in [1.165, 1.54) is 0 Å². The van der Waals surface area contributed by atoms with E-state index < -0.39 is 5.91 Å². The Bertz CT molecular complexity index is 980. The normalized spacial score (nSPS) is 11.5. The van der Waals surface area contributed by atoms with Gasteiger partial charge >= 0.3 is 0 Å². The SMILES string of the molecule is C/C(=N/NC(=O)c1cc(-c2ccc(Cl)c(Cl)c2)n[nH]1)c1ccc(Cl)cc1. The Morgan fingerprint density at radius 3 is 2.46 bits per heavy atom. The molecule has 0 fully saturated rings. The molecule has 3 rings (SSSR count). The summed E-state index contributed by atoms with van der Waals surface area (Å²) >= 11 is 17.8. The van der Waals surface area contributed by atoms with Crippen LogP contribution in [0.25, 0.3) is 11.3 Å². The minimum atomic E-state index is -0.405. The van der Waals surface area contributed by atoms with E-state index in [0.29, 0.717) is 26.5 Å². The van der Waals surface area contributed by atoms with Gasteiger partial charge in [-0.3, -0.25) is 9.89 Å². The largest absolute Gasteiger partial charge is 0.289 e. The van der Waals surface area contributed by atoms with Crippen molar-refractivity contribution in [2.45, 2.75) is 6.92 Å². The molecule has 0 spiro atoms. The number of carbonyl (C=O) groups excluding carboxylic acids is 1. The second-order valence-electron chi connectivity index (χ2n) is 5.44. The number of rotatable bonds is 4. The van der Waals surface area contributed by atoms with E-state index in [2.05, 4.69) is 20.7 Å². The third kappa shape index (κ3) is 4.25. The molecule has 0 bridgehead atoms. The molecule has 0 aliphatic carbocycles. The first-order chi connectivity index (χ1) is 12.4. The minimum Gasteiger partial charge on any atom is -0.272 e. The zero-order valence-electron chi connectivity index (χ0n) is 13.6. The Morgan fingerprint density at radius 1 is 1.04 bits per heavy atom. The molecule has 0 saturated heterocycles. The van der Waals surface area contributed by atoms with E-state index in [1.54, 1.807) is 43.3 Å². The molecule has 5 nitrogen and oxygen atoms in total. The van der Waals surface area contributed by atoms with Crippen molar-refractivity contribution in [1.29, 1.82) is 0 Å². The Kier molecular flexibility index (Phi) is 5.61. The van der Waals surface area contributed by atoms with Crippen LogP contribution in [-0.4, -0.2) is 21.8 Å². The highest BCUT2D eigenvalue weighted by Gasteiger charge is 2.12. The van der Waals surface area contributed by atoms with Crippen molar-refractivity contribution in [3.63, 3.8) is 0 Å². The van der Waals surface area contributed by atoms with E-state index in [0.717, 1.165) is 11.1 Å². The molecule has 8 heteroatoms. The van der Waals surface area contributed by atoms with Gasteiger partial charge in [-0.05, 0) is 42.8 Å². The van der Waals surface area contributed by atoms with Crippen LogP contribution in [0.4, 0.5) is 0 Å². The van der Waals surface area contributed by atoms with Gasteiger partial charge in [0, 0.05) is 10.6 Å². The highest BCUT2D eigenvalue weighted by atomic mass is 35.5.